The van der Waals surface area contributed by atoms with E-state index in [9.17, 15) is 4.79 Å². The first-order valence-corrected chi connectivity index (χ1v) is 7.43. The zero-order valence-electron chi connectivity index (χ0n) is 12.1. The molecule has 5 heteroatoms. The molecule has 108 valence electrons. The highest BCUT2D eigenvalue weighted by Crippen LogP contribution is 2.16. The van der Waals surface area contributed by atoms with Crippen molar-refractivity contribution in [3.63, 3.8) is 0 Å². The summed E-state index contributed by atoms with van der Waals surface area (Å²) in [7, 11) is 1.77. The summed E-state index contributed by atoms with van der Waals surface area (Å²) in [6, 6.07) is 7.60. The predicted octanol–water partition coefficient (Wildman–Crippen LogP) is 2.03. The lowest BCUT2D eigenvalue weighted by atomic mass is 10.2. The highest BCUT2D eigenvalue weighted by molar-refractivity contribution is 7.10. The first-order chi connectivity index (χ1) is 10.1. The maximum Gasteiger partial charge on any atom is 0.254 e. The van der Waals surface area contributed by atoms with Crippen LogP contribution in [0.2, 0.25) is 0 Å². The Kier molecular flexibility index (Phi) is 5.09. The van der Waals surface area contributed by atoms with Crippen molar-refractivity contribution in [1.82, 2.24) is 9.88 Å². The van der Waals surface area contributed by atoms with Crippen molar-refractivity contribution in [3.8, 4) is 11.8 Å². The molecule has 0 bridgehead atoms. The van der Waals surface area contributed by atoms with Crippen LogP contribution in [0.3, 0.4) is 0 Å². The molecule has 0 aliphatic rings. The van der Waals surface area contributed by atoms with Crippen LogP contribution in [-0.4, -0.2) is 29.4 Å². The van der Waals surface area contributed by atoms with Crippen molar-refractivity contribution in [3.05, 3.63) is 51.5 Å². The number of hydrogen-bond donors (Lipinski definition) is 1. The van der Waals surface area contributed by atoms with Crippen molar-refractivity contribution in [2.45, 2.75) is 13.5 Å². The van der Waals surface area contributed by atoms with Crippen molar-refractivity contribution < 1.29 is 4.79 Å². The molecule has 2 heterocycles. The maximum absolute atomic E-state index is 12.4. The summed E-state index contributed by atoms with van der Waals surface area (Å²) in [5.74, 6) is 5.69. The third kappa shape index (κ3) is 4.15. The summed E-state index contributed by atoms with van der Waals surface area (Å²) >= 11 is 1.45. The lowest BCUT2D eigenvalue weighted by molar-refractivity contribution is 0.0784. The number of nitrogens with two attached hydrogens (primary N) is 1. The molecule has 2 rings (SSSR count). The number of pyridine rings is 1. The number of carbonyl (C=O) groups excluding carboxylic acids is 1. The van der Waals surface area contributed by atoms with Gasteiger partial charge in [0.2, 0.25) is 0 Å². The number of nitrogens with zero attached hydrogens (tertiary/aromatic N) is 2. The van der Waals surface area contributed by atoms with Crippen LogP contribution in [0, 0.1) is 18.8 Å². The van der Waals surface area contributed by atoms with Crippen molar-refractivity contribution in [1.29, 1.82) is 0 Å². The fourth-order valence-electron chi connectivity index (χ4n) is 1.87. The molecule has 0 aromatic carbocycles. The van der Waals surface area contributed by atoms with E-state index in [4.69, 9.17) is 5.73 Å². The fourth-order valence-corrected chi connectivity index (χ4v) is 2.62. The molecule has 0 atom stereocenters. The Bertz CT molecular complexity index is 697. The minimum Gasteiger partial charge on any atom is -0.336 e. The van der Waals surface area contributed by atoms with Crippen LogP contribution < -0.4 is 5.73 Å². The average molecular weight is 299 g/mol. The summed E-state index contributed by atoms with van der Waals surface area (Å²) in [4.78, 5) is 19.3. The largest absolute Gasteiger partial charge is 0.336 e. The number of rotatable bonds is 3. The summed E-state index contributed by atoms with van der Waals surface area (Å²) in [5.41, 5.74) is 7.81. The van der Waals surface area contributed by atoms with Gasteiger partial charge in [-0.05, 0) is 25.1 Å². The molecule has 4 nitrogen and oxygen atoms in total. The summed E-state index contributed by atoms with van der Waals surface area (Å²) in [5, 5.41) is 1.82. The molecule has 0 unspecified atom stereocenters. The molecule has 0 aliphatic heterocycles. The Morgan fingerprint density at radius 3 is 3.00 bits per heavy atom. The lowest BCUT2D eigenvalue weighted by Crippen LogP contribution is -2.26. The summed E-state index contributed by atoms with van der Waals surface area (Å²) in [6.45, 7) is 2.74. The van der Waals surface area contributed by atoms with Crippen LogP contribution in [0.4, 0.5) is 0 Å². The van der Waals surface area contributed by atoms with Gasteiger partial charge in [-0.3, -0.25) is 9.78 Å². The van der Waals surface area contributed by atoms with Gasteiger partial charge < -0.3 is 10.6 Å². The van der Waals surface area contributed by atoms with Crippen molar-refractivity contribution in [2.24, 2.45) is 5.73 Å². The molecular weight excluding hydrogens is 282 g/mol. The van der Waals surface area contributed by atoms with Gasteiger partial charge in [0, 0.05) is 18.1 Å². The second-order valence-corrected chi connectivity index (χ2v) is 5.55. The number of aromatic nitrogens is 1. The van der Waals surface area contributed by atoms with Gasteiger partial charge >= 0.3 is 0 Å². The molecule has 0 radical (unpaired) electrons. The van der Waals surface area contributed by atoms with E-state index in [1.165, 1.54) is 11.3 Å². The third-order valence-corrected chi connectivity index (χ3v) is 3.70. The molecule has 2 N–H and O–H groups in total. The lowest BCUT2D eigenvalue weighted by Gasteiger charge is -2.16. The number of aryl methyl sites for hydroxylation is 1. The second-order valence-electron chi connectivity index (χ2n) is 4.64. The number of thiophene rings is 1. The van der Waals surface area contributed by atoms with E-state index in [2.05, 4.69) is 16.8 Å². The third-order valence-electron chi connectivity index (χ3n) is 2.85. The Morgan fingerprint density at radius 2 is 2.29 bits per heavy atom. The monoisotopic (exact) mass is 299 g/mol. The van der Waals surface area contributed by atoms with Gasteiger partial charge in [0.1, 0.15) is 0 Å². The average Bonchev–Trinajstić information content (AvgIpc) is 2.93. The van der Waals surface area contributed by atoms with E-state index >= 15 is 0 Å². The van der Waals surface area contributed by atoms with Crippen molar-refractivity contribution in [2.75, 3.05) is 13.6 Å². The zero-order chi connectivity index (χ0) is 15.2. The SMILES string of the molecule is Cc1cccc(CN(C)C(=O)c2csc(C#CCN)c2)n1. The highest BCUT2D eigenvalue weighted by Gasteiger charge is 2.14. The Labute approximate surface area is 128 Å². The molecule has 0 saturated heterocycles. The highest BCUT2D eigenvalue weighted by atomic mass is 32.1. The second kappa shape index (κ2) is 7.02. The molecule has 21 heavy (non-hydrogen) atoms. The van der Waals surface area contributed by atoms with E-state index in [0.717, 1.165) is 16.3 Å². The van der Waals surface area contributed by atoms with E-state index in [1.54, 1.807) is 18.0 Å². The Balaban J connectivity index is 2.07. The predicted molar refractivity (Wildman–Crippen MR) is 85.0 cm³/mol. The van der Waals surface area contributed by atoms with Crippen LogP contribution in [0.25, 0.3) is 0 Å². The van der Waals surface area contributed by atoms with Gasteiger partial charge in [-0.1, -0.05) is 17.9 Å². The van der Waals surface area contributed by atoms with E-state index in [-0.39, 0.29) is 5.91 Å². The Hall–Kier alpha value is -2.16. The van der Waals surface area contributed by atoms with E-state index in [0.29, 0.717) is 18.7 Å². The van der Waals surface area contributed by atoms with Gasteiger partial charge in [-0.15, -0.1) is 11.3 Å². The molecule has 0 aliphatic carbocycles. The number of carbonyl (C=O) groups is 1. The molecule has 1 amide bonds. The first-order valence-electron chi connectivity index (χ1n) is 6.55. The number of hydrogen-bond acceptors (Lipinski definition) is 4. The molecule has 0 spiro atoms. The van der Waals surface area contributed by atoms with Crippen LogP contribution in [0.15, 0.2) is 29.6 Å². The van der Waals surface area contributed by atoms with E-state index in [1.807, 2.05) is 30.5 Å². The quantitative estimate of drug-likeness (QED) is 0.882. The van der Waals surface area contributed by atoms with Crippen LogP contribution in [-0.2, 0) is 6.54 Å². The van der Waals surface area contributed by atoms with Crippen molar-refractivity contribution >= 4 is 17.2 Å². The minimum absolute atomic E-state index is 0.0321. The summed E-state index contributed by atoms with van der Waals surface area (Å²) < 4.78 is 0. The van der Waals surface area contributed by atoms with Gasteiger partial charge in [-0.2, -0.15) is 0 Å². The zero-order valence-corrected chi connectivity index (χ0v) is 12.9. The normalized spacial score (nSPS) is 9.86. The molecule has 0 fully saturated rings. The van der Waals surface area contributed by atoms with Gasteiger partial charge in [0.05, 0.1) is 29.2 Å². The smallest absolute Gasteiger partial charge is 0.254 e. The molecular formula is C16H17N3OS. The van der Waals surface area contributed by atoms with Gasteiger partial charge in [-0.25, -0.2) is 0 Å². The van der Waals surface area contributed by atoms with Gasteiger partial charge in [0.15, 0.2) is 0 Å². The Morgan fingerprint density at radius 1 is 1.48 bits per heavy atom. The molecule has 2 aromatic rings. The van der Waals surface area contributed by atoms with Crippen LogP contribution in [0.5, 0.6) is 0 Å². The fraction of sp³-hybridized carbons (Fsp3) is 0.250. The van der Waals surface area contributed by atoms with E-state index < -0.39 is 0 Å². The number of amides is 1. The van der Waals surface area contributed by atoms with Crippen LogP contribution in [0.1, 0.15) is 26.6 Å². The standard InChI is InChI=1S/C16H17N3OS/c1-12-5-3-6-14(18-12)10-19(2)16(20)13-9-15(21-11-13)7-4-8-17/h3,5-6,9,11H,8,10,17H2,1-2H3. The maximum atomic E-state index is 12.4. The molecule has 2 aromatic heterocycles. The topological polar surface area (TPSA) is 59.2 Å². The summed E-state index contributed by atoms with van der Waals surface area (Å²) in [6.07, 6.45) is 0. The van der Waals surface area contributed by atoms with Gasteiger partial charge in [0.25, 0.3) is 5.91 Å². The van der Waals surface area contributed by atoms with Crippen LogP contribution >= 0.6 is 11.3 Å². The first kappa shape index (κ1) is 15.2. The molecule has 0 saturated carbocycles. The minimum atomic E-state index is -0.0321.